The molecule has 0 aromatic heterocycles. The van der Waals surface area contributed by atoms with Crippen LogP contribution in [-0.2, 0) is 11.3 Å². The molecule has 1 aliphatic heterocycles. The molecule has 1 unspecified atom stereocenters. The van der Waals surface area contributed by atoms with Crippen molar-refractivity contribution in [3.63, 3.8) is 0 Å². The molecule has 1 aliphatic rings. The molecule has 0 spiro atoms. The van der Waals surface area contributed by atoms with Gasteiger partial charge in [0, 0.05) is 26.1 Å². The topological polar surface area (TPSA) is 50.4 Å². The SMILES string of the molecule is CCCC(=O)NCCC1CNCc2ccc(OC)cc21.Cl. The molecule has 1 heterocycles. The third kappa shape index (κ3) is 4.90. The molecule has 1 aromatic carbocycles. The van der Waals surface area contributed by atoms with Crippen molar-refractivity contribution in [2.75, 3.05) is 20.2 Å². The molecule has 0 bridgehead atoms. The van der Waals surface area contributed by atoms with E-state index < -0.39 is 0 Å². The minimum absolute atomic E-state index is 0. The zero-order chi connectivity index (χ0) is 14.4. The summed E-state index contributed by atoms with van der Waals surface area (Å²) in [7, 11) is 1.70. The van der Waals surface area contributed by atoms with E-state index in [1.807, 2.05) is 13.0 Å². The molecule has 118 valence electrons. The molecule has 2 N–H and O–H groups in total. The van der Waals surface area contributed by atoms with Crippen LogP contribution in [0.2, 0.25) is 0 Å². The summed E-state index contributed by atoms with van der Waals surface area (Å²) in [6, 6.07) is 6.27. The van der Waals surface area contributed by atoms with Crippen LogP contribution < -0.4 is 15.4 Å². The number of hydrogen-bond donors (Lipinski definition) is 2. The molecule has 4 nitrogen and oxygen atoms in total. The second kappa shape index (κ2) is 8.90. The number of rotatable bonds is 6. The minimum Gasteiger partial charge on any atom is -0.497 e. The van der Waals surface area contributed by atoms with Crippen molar-refractivity contribution in [2.24, 2.45) is 0 Å². The van der Waals surface area contributed by atoms with Crippen LogP contribution in [0.25, 0.3) is 0 Å². The molecular weight excluding hydrogens is 288 g/mol. The molecule has 0 saturated carbocycles. The van der Waals surface area contributed by atoms with E-state index in [0.29, 0.717) is 12.3 Å². The number of carbonyl (C=O) groups is 1. The first-order valence-electron chi connectivity index (χ1n) is 7.38. The van der Waals surface area contributed by atoms with Crippen LogP contribution >= 0.6 is 12.4 Å². The van der Waals surface area contributed by atoms with E-state index in [2.05, 4.69) is 22.8 Å². The van der Waals surface area contributed by atoms with Crippen LogP contribution in [0.4, 0.5) is 0 Å². The van der Waals surface area contributed by atoms with Gasteiger partial charge >= 0.3 is 0 Å². The van der Waals surface area contributed by atoms with Gasteiger partial charge in [0.1, 0.15) is 5.75 Å². The standard InChI is InChI=1S/C16H24N2O2.ClH/c1-3-4-16(19)18-8-7-13-11-17-10-12-5-6-14(20-2)9-15(12)13;/h5-6,9,13,17H,3-4,7-8,10-11H2,1-2H3,(H,18,19);1H. The van der Waals surface area contributed by atoms with Crippen molar-refractivity contribution >= 4 is 18.3 Å². The van der Waals surface area contributed by atoms with Gasteiger partial charge < -0.3 is 15.4 Å². The highest BCUT2D eigenvalue weighted by Crippen LogP contribution is 2.29. The van der Waals surface area contributed by atoms with Crippen LogP contribution in [0.3, 0.4) is 0 Å². The highest BCUT2D eigenvalue weighted by atomic mass is 35.5. The number of fused-ring (bicyclic) bond motifs is 1. The Morgan fingerprint density at radius 2 is 2.29 bits per heavy atom. The van der Waals surface area contributed by atoms with Crippen LogP contribution in [0.5, 0.6) is 5.75 Å². The highest BCUT2D eigenvalue weighted by Gasteiger charge is 2.20. The normalized spacial score (nSPS) is 16.6. The van der Waals surface area contributed by atoms with Crippen molar-refractivity contribution < 1.29 is 9.53 Å². The van der Waals surface area contributed by atoms with E-state index >= 15 is 0 Å². The van der Waals surface area contributed by atoms with Crippen LogP contribution in [0, 0.1) is 0 Å². The van der Waals surface area contributed by atoms with E-state index in [4.69, 9.17) is 4.74 Å². The monoisotopic (exact) mass is 312 g/mol. The Labute approximate surface area is 133 Å². The summed E-state index contributed by atoms with van der Waals surface area (Å²) in [6.45, 7) is 4.64. The lowest BCUT2D eigenvalue weighted by Crippen LogP contribution is -2.31. The van der Waals surface area contributed by atoms with Gasteiger partial charge in [-0.1, -0.05) is 13.0 Å². The fourth-order valence-corrected chi connectivity index (χ4v) is 2.69. The number of amides is 1. The first kappa shape index (κ1) is 17.8. The minimum atomic E-state index is 0. The van der Waals surface area contributed by atoms with Gasteiger partial charge in [-0.25, -0.2) is 0 Å². The average Bonchev–Trinajstić information content (AvgIpc) is 2.47. The van der Waals surface area contributed by atoms with Crippen LogP contribution in [-0.4, -0.2) is 26.1 Å². The van der Waals surface area contributed by atoms with Gasteiger partial charge in [0.15, 0.2) is 0 Å². The number of nitrogens with one attached hydrogen (secondary N) is 2. The summed E-state index contributed by atoms with van der Waals surface area (Å²) in [5, 5.41) is 6.43. The predicted molar refractivity (Wildman–Crippen MR) is 87.2 cm³/mol. The number of methoxy groups -OCH3 is 1. The highest BCUT2D eigenvalue weighted by molar-refractivity contribution is 5.85. The number of benzene rings is 1. The molecule has 1 atom stereocenters. The van der Waals surface area contributed by atoms with E-state index in [0.717, 1.165) is 38.2 Å². The fraction of sp³-hybridized carbons (Fsp3) is 0.562. The molecular formula is C16H25ClN2O2. The van der Waals surface area contributed by atoms with Gasteiger partial charge in [-0.15, -0.1) is 12.4 Å². The number of ether oxygens (including phenoxy) is 1. The number of hydrogen-bond acceptors (Lipinski definition) is 3. The molecule has 2 rings (SSSR count). The van der Waals surface area contributed by atoms with Gasteiger partial charge in [-0.3, -0.25) is 4.79 Å². The van der Waals surface area contributed by atoms with Crippen LogP contribution in [0.15, 0.2) is 18.2 Å². The molecule has 21 heavy (non-hydrogen) atoms. The molecule has 1 aromatic rings. The maximum Gasteiger partial charge on any atom is 0.219 e. The Hall–Kier alpha value is -1.26. The van der Waals surface area contributed by atoms with Crippen molar-refractivity contribution in [3.8, 4) is 5.75 Å². The van der Waals surface area contributed by atoms with E-state index in [1.165, 1.54) is 11.1 Å². The number of carbonyl (C=O) groups excluding carboxylic acids is 1. The van der Waals surface area contributed by atoms with Crippen LogP contribution in [0.1, 0.15) is 43.2 Å². The summed E-state index contributed by atoms with van der Waals surface area (Å²) in [5.41, 5.74) is 2.69. The summed E-state index contributed by atoms with van der Waals surface area (Å²) in [6.07, 6.45) is 2.48. The lowest BCUT2D eigenvalue weighted by Gasteiger charge is -2.27. The maximum absolute atomic E-state index is 11.5. The van der Waals surface area contributed by atoms with E-state index in [-0.39, 0.29) is 18.3 Å². The number of halogens is 1. The summed E-state index contributed by atoms with van der Waals surface area (Å²) in [4.78, 5) is 11.5. The van der Waals surface area contributed by atoms with Crippen molar-refractivity contribution in [1.29, 1.82) is 0 Å². The van der Waals surface area contributed by atoms with Gasteiger partial charge in [0.25, 0.3) is 0 Å². The second-order valence-corrected chi connectivity index (χ2v) is 5.28. The molecule has 0 fully saturated rings. The zero-order valence-corrected chi connectivity index (χ0v) is 13.6. The predicted octanol–water partition coefficient (Wildman–Crippen LogP) is 2.61. The Morgan fingerprint density at radius 3 is 3.00 bits per heavy atom. The fourth-order valence-electron chi connectivity index (χ4n) is 2.69. The van der Waals surface area contributed by atoms with Gasteiger partial charge in [-0.2, -0.15) is 0 Å². The third-order valence-electron chi connectivity index (χ3n) is 3.79. The second-order valence-electron chi connectivity index (χ2n) is 5.28. The van der Waals surface area contributed by atoms with Crippen molar-refractivity contribution in [1.82, 2.24) is 10.6 Å². The summed E-state index contributed by atoms with van der Waals surface area (Å²) >= 11 is 0. The first-order chi connectivity index (χ1) is 9.74. The lowest BCUT2D eigenvalue weighted by molar-refractivity contribution is -0.121. The quantitative estimate of drug-likeness (QED) is 0.849. The average molecular weight is 313 g/mol. The van der Waals surface area contributed by atoms with Crippen molar-refractivity contribution in [2.45, 2.75) is 38.6 Å². The third-order valence-corrected chi connectivity index (χ3v) is 3.79. The van der Waals surface area contributed by atoms with Crippen molar-refractivity contribution in [3.05, 3.63) is 29.3 Å². The molecule has 0 saturated heterocycles. The Bertz CT molecular complexity index is 466. The molecule has 5 heteroatoms. The Kier molecular flexibility index (Phi) is 7.54. The maximum atomic E-state index is 11.5. The van der Waals surface area contributed by atoms with Gasteiger partial charge in [0.2, 0.25) is 5.91 Å². The van der Waals surface area contributed by atoms with E-state index in [1.54, 1.807) is 7.11 Å². The lowest BCUT2D eigenvalue weighted by atomic mass is 9.88. The van der Waals surface area contributed by atoms with E-state index in [9.17, 15) is 4.79 Å². The largest absolute Gasteiger partial charge is 0.497 e. The molecule has 0 aliphatic carbocycles. The summed E-state index contributed by atoms with van der Waals surface area (Å²) in [5.74, 6) is 1.50. The van der Waals surface area contributed by atoms with Gasteiger partial charge in [-0.05, 0) is 42.0 Å². The Morgan fingerprint density at radius 1 is 1.48 bits per heavy atom. The Balaban J connectivity index is 0.00000220. The molecule has 1 amide bonds. The summed E-state index contributed by atoms with van der Waals surface area (Å²) < 4.78 is 5.31. The first-order valence-corrected chi connectivity index (χ1v) is 7.38. The smallest absolute Gasteiger partial charge is 0.219 e. The zero-order valence-electron chi connectivity index (χ0n) is 12.8. The molecule has 0 radical (unpaired) electrons. The van der Waals surface area contributed by atoms with Gasteiger partial charge in [0.05, 0.1) is 7.11 Å².